The molecule has 0 radical (unpaired) electrons. The molecular weight excluding hydrogens is 398 g/mol. The molecule has 0 aromatic heterocycles. The molecule has 0 fully saturated rings. The molecule has 7 nitrogen and oxygen atoms in total. The molecule has 0 aliphatic rings. The predicted molar refractivity (Wildman–Crippen MR) is 104 cm³/mol. The highest BCUT2D eigenvalue weighted by molar-refractivity contribution is 6.00. The van der Waals surface area contributed by atoms with Crippen LogP contribution in [0.15, 0.2) is 54.1 Å². The van der Waals surface area contributed by atoms with Gasteiger partial charge in [0.1, 0.15) is 23.1 Å². The lowest BCUT2D eigenvalue weighted by molar-refractivity contribution is -0.142. The van der Waals surface area contributed by atoms with Crippen LogP contribution < -0.4 is 14.8 Å². The number of esters is 1. The highest BCUT2D eigenvalue weighted by Gasteiger charge is 2.15. The van der Waals surface area contributed by atoms with E-state index in [0.29, 0.717) is 17.9 Å². The summed E-state index contributed by atoms with van der Waals surface area (Å²) in [7, 11) is 0. The number of halogens is 2. The minimum atomic E-state index is -3.06. The maximum Gasteiger partial charge on any atom is 0.387 e. The van der Waals surface area contributed by atoms with Gasteiger partial charge in [-0.15, -0.1) is 0 Å². The minimum absolute atomic E-state index is 0.00992. The van der Waals surface area contributed by atoms with Crippen molar-refractivity contribution in [2.24, 2.45) is 0 Å². The molecule has 2 aromatic rings. The quantitative estimate of drug-likeness (QED) is 0.380. The number of carbonyl (C=O) groups is 2. The maximum absolute atomic E-state index is 12.4. The summed E-state index contributed by atoms with van der Waals surface area (Å²) in [6.45, 7) is -1.43. The average Bonchev–Trinajstić information content (AvgIpc) is 2.72. The van der Waals surface area contributed by atoms with Crippen molar-refractivity contribution < 1.29 is 32.6 Å². The van der Waals surface area contributed by atoms with Crippen LogP contribution in [0.1, 0.15) is 12.5 Å². The van der Waals surface area contributed by atoms with E-state index in [4.69, 9.17) is 9.47 Å². The van der Waals surface area contributed by atoms with Gasteiger partial charge in [0.05, 0.1) is 12.3 Å². The lowest BCUT2D eigenvalue weighted by Gasteiger charge is -2.11. The van der Waals surface area contributed by atoms with Crippen molar-refractivity contribution in [3.8, 4) is 17.6 Å². The zero-order chi connectivity index (χ0) is 21.9. The topological polar surface area (TPSA) is 97.6 Å². The van der Waals surface area contributed by atoms with Gasteiger partial charge in [0, 0.05) is 0 Å². The van der Waals surface area contributed by atoms with Gasteiger partial charge >= 0.3 is 12.6 Å². The van der Waals surface area contributed by atoms with Gasteiger partial charge in [-0.1, -0.05) is 24.3 Å². The standard InChI is InChI=1S/C21H18F2N2O5/c1-2-28-16-9-7-14(8-10-16)11-15(12-24)20(27)29-13-19(26)25-17-5-3-4-6-18(17)30-21(22)23/h3-11,21H,2,13H2,1H3,(H,25,26)/b15-11+. The number of benzene rings is 2. The Bertz CT molecular complexity index is 953. The molecule has 2 rings (SSSR count). The highest BCUT2D eigenvalue weighted by atomic mass is 19.3. The van der Waals surface area contributed by atoms with Crippen LogP contribution >= 0.6 is 0 Å². The van der Waals surface area contributed by atoms with E-state index in [9.17, 15) is 23.6 Å². The molecule has 1 N–H and O–H groups in total. The number of alkyl halides is 2. The number of amides is 1. The first-order chi connectivity index (χ1) is 14.4. The molecule has 30 heavy (non-hydrogen) atoms. The molecule has 2 aromatic carbocycles. The van der Waals surface area contributed by atoms with Crippen molar-refractivity contribution in [2.45, 2.75) is 13.5 Å². The fourth-order valence-electron chi connectivity index (χ4n) is 2.29. The first-order valence-corrected chi connectivity index (χ1v) is 8.78. The fraction of sp³-hybridized carbons (Fsp3) is 0.190. The van der Waals surface area contributed by atoms with Crippen molar-refractivity contribution in [3.63, 3.8) is 0 Å². The van der Waals surface area contributed by atoms with Crippen molar-refractivity contribution >= 4 is 23.6 Å². The van der Waals surface area contributed by atoms with E-state index < -0.39 is 25.1 Å². The maximum atomic E-state index is 12.4. The number of carbonyl (C=O) groups excluding carboxylic acids is 2. The van der Waals surface area contributed by atoms with Crippen LogP contribution in [-0.4, -0.2) is 31.7 Å². The minimum Gasteiger partial charge on any atom is -0.494 e. The number of para-hydroxylation sites is 2. The second-order valence-corrected chi connectivity index (χ2v) is 5.67. The van der Waals surface area contributed by atoms with Gasteiger partial charge in [0.25, 0.3) is 5.91 Å². The Morgan fingerprint density at radius 3 is 2.50 bits per heavy atom. The van der Waals surface area contributed by atoms with Crippen LogP contribution in [-0.2, 0) is 14.3 Å². The number of anilines is 1. The lowest BCUT2D eigenvalue weighted by Crippen LogP contribution is -2.22. The number of rotatable bonds is 9. The van der Waals surface area contributed by atoms with Gasteiger partial charge < -0.3 is 19.5 Å². The number of nitrogens with one attached hydrogen (secondary N) is 1. The van der Waals surface area contributed by atoms with Crippen LogP contribution in [0.5, 0.6) is 11.5 Å². The summed E-state index contributed by atoms with van der Waals surface area (Å²) < 4.78 is 39.3. The summed E-state index contributed by atoms with van der Waals surface area (Å²) in [5, 5.41) is 11.5. The predicted octanol–water partition coefficient (Wildman–Crippen LogP) is 3.78. The molecule has 0 aliphatic carbocycles. The van der Waals surface area contributed by atoms with Gasteiger partial charge in [-0.05, 0) is 42.8 Å². The summed E-state index contributed by atoms with van der Waals surface area (Å²) in [5.41, 5.74) is 0.243. The number of nitrogens with zero attached hydrogens (tertiary/aromatic N) is 1. The highest BCUT2D eigenvalue weighted by Crippen LogP contribution is 2.25. The molecule has 156 valence electrons. The summed E-state index contributed by atoms with van der Waals surface area (Å²) in [4.78, 5) is 24.1. The van der Waals surface area contributed by atoms with Gasteiger partial charge in [0.2, 0.25) is 0 Å². The SMILES string of the molecule is CCOc1ccc(/C=C(\C#N)C(=O)OCC(=O)Nc2ccccc2OC(F)F)cc1. The number of ether oxygens (including phenoxy) is 3. The Morgan fingerprint density at radius 1 is 1.17 bits per heavy atom. The number of hydrogen-bond donors (Lipinski definition) is 1. The molecule has 0 aliphatic heterocycles. The Morgan fingerprint density at radius 2 is 1.87 bits per heavy atom. The van der Waals surface area contributed by atoms with E-state index in [-0.39, 0.29) is 17.0 Å². The first-order valence-electron chi connectivity index (χ1n) is 8.78. The van der Waals surface area contributed by atoms with Gasteiger partial charge in [-0.3, -0.25) is 4.79 Å². The molecular formula is C21H18F2N2O5. The molecule has 0 unspecified atom stereocenters. The molecule has 0 atom stereocenters. The Kier molecular flexibility index (Phi) is 8.32. The molecule has 0 spiro atoms. The largest absolute Gasteiger partial charge is 0.494 e. The van der Waals surface area contributed by atoms with E-state index in [1.54, 1.807) is 30.3 Å². The van der Waals surface area contributed by atoms with Gasteiger partial charge in [-0.2, -0.15) is 14.0 Å². The molecule has 1 amide bonds. The van der Waals surface area contributed by atoms with E-state index in [1.165, 1.54) is 30.3 Å². The average molecular weight is 416 g/mol. The summed E-state index contributed by atoms with van der Waals surface area (Å²) in [6, 6.07) is 14.0. The Hall–Kier alpha value is -3.93. The zero-order valence-corrected chi connectivity index (χ0v) is 15.9. The normalized spacial score (nSPS) is 10.8. The molecule has 9 heteroatoms. The van der Waals surface area contributed by atoms with E-state index in [2.05, 4.69) is 10.1 Å². The van der Waals surface area contributed by atoms with Crippen LogP contribution in [0.3, 0.4) is 0 Å². The third-order valence-corrected chi connectivity index (χ3v) is 3.55. The van der Waals surface area contributed by atoms with Crippen LogP contribution in [0.2, 0.25) is 0 Å². The van der Waals surface area contributed by atoms with Crippen molar-refractivity contribution in [2.75, 3.05) is 18.5 Å². The summed E-state index contributed by atoms with van der Waals surface area (Å²) >= 11 is 0. The summed E-state index contributed by atoms with van der Waals surface area (Å²) in [6.07, 6.45) is 1.31. The van der Waals surface area contributed by atoms with Crippen molar-refractivity contribution in [1.82, 2.24) is 0 Å². The smallest absolute Gasteiger partial charge is 0.387 e. The first kappa shape index (κ1) is 22.4. The lowest BCUT2D eigenvalue weighted by atomic mass is 10.1. The third-order valence-electron chi connectivity index (χ3n) is 3.55. The second-order valence-electron chi connectivity index (χ2n) is 5.67. The number of nitriles is 1. The van der Waals surface area contributed by atoms with E-state index in [0.717, 1.165) is 0 Å². The second kappa shape index (κ2) is 11.2. The van der Waals surface area contributed by atoms with E-state index in [1.807, 2.05) is 6.92 Å². The monoisotopic (exact) mass is 416 g/mol. The van der Waals surface area contributed by atoms with Crippen LogP contribution in [0.4, 0.5) is 14.5 Å². The fourth-order valence-corrected chi connectivity index (χ4v) is 2.29. The molecule has 0 heterocycles. The third kappa shape index (κ3) is 6.91. The zero-order valence-electron chi connectivity index (χ0n) is 15.9. The van der Waals surface area contributed by atoms with Crippen LogP contribution in [0, 0.1) is 11.3 Å². The molecule has 0 saturated heterocycles. The Labute approximate surface area is 171 Å². The van der Waals surface area contributed by atoms with Crippen LogP contribution in [0.25, 0.3) is 6.08 Å². The van der Waals surface area contributed by atoms with Crippen molar-refractivity contribution in [1.29, 1.82) is 5.26 Å². The van der Waals surface area contributed by atoms with Gasteiger partial charge in [-0.25, -0.2) is 4.79 Å². The van der Waals surface area contributed by atoms with Gasteiger partial charge in [0.15, 0.2) is 6.61 Å². The molecule has 0 bridgehead atoms. The van der Waals surface area contributed by atoms with Crippen molar-refractivity contribution in [3.05, 3.63) is 59.7 Å². The number of hydrogen-bond acceptors (Lipinski definition) is 6. The molecule has 0 saturated carbocycles. The van der Waals surface area contributed by atoms with E-state index >= 15 is 0 Å². The Balaban J connectivity index is 1.96. The summed E-state index contributed by atoms with van der Waals surface area (Å²) in [5.74, 6) is -1.38.